The predicted octanol–water partition coefficient (Wildman–Crippen LogP) is 4.14. The normalized spacial score (nSPS) is 14.5. The summed E-state index contributed by atoms with van der Waals surface area (Å²) in [6.45, 7) is 2.58. The summed E-state index contributed by atoms with van der Waals surface area (Å²) in [5.74, 6) is 3.07. The summed E-state index contributed by atoms with van der Waals surface area (Å²) >= 11 is 0. The number of ether oxygens (including phenoxy) is 1. The lowest BCUT2D eigenvalue weighted by Crippen LogP contribution is -2.35. The number of piperidine rings is 1. The van der Waals surface area contributed by atoms with E-state index in [1.165, 1.54) is 5.56 Å². The molecule has 0 bridgehead atoms. The average molecular weight is 404 g/mol. The Labute approximate surface area is 178 Å². The third-order valence-electron chi connectivity index (χ3n) is 5.76. The quantitative estimate of drug-likeness (QED) is 0.617. The van der Waals surface area contributed by atoms with Gasteiger partial charge in [-0.05, 0) is 48.4 Å². The van der Waals surface area contributed by atoms with Gasteiger partial charge in [0.25, 0.3) is 0 Å². The van der Waals surface area contributed by atoms with Crippen molar-refractivity contribution < 1.29 is 4.74 Å². The SMILES string of the molecule is COc1ccc(CNc2ncnc(N3CCC(Cc4ccccc4)CC3)c2N)cc1. The number of benzene rings is 2. The lowest BCUT2D eigenvalue weighted by atomic mass is 9.90. The minimum Gasteiger partial charge on any atom is -0.497 e. The monoisotopic (exact) mass is 403 g/mol. The van der Waals surface area contributed by atoms with Gasteiger partial charge in [-0.2, -0.15) is 0 Å². The first-order valence-electron chi connectivity index (χ1n) is 10.5. The lowest BCUT2D eigenvalue weighted by Gasteiger charge is -2.33. The third-order valence-corrected chi connectivity index (χ3v) is 5.76. The summed E-state index contributed by atoms with van der Waals surface area (Å²) in [7, 11) is 1.67. The molecule has 0 amide bonds. The van der Waals surface area contributed by atoms with Gasteiger partial charge < -0.3 is 20.7 Å². The van der Waals surface area contributed by atoms with Gasteiger partial charge in [0.1, 0.15) is 17.8 Å². The van der Waals surface area contributed by atoms with Crippen molar-refractivity contribution in [1.29, 1.82) is 0 Å². The van der Waals surface area contributed by atoms with Gasteiger partial charge in [0.05, 0.1) is 7.11 Å². The van der Waals surface area contributed by atoms with Crippen LogP contribution in [-0.2, 0) is 13.0 Å². The fraction of sp³-hybridized carbons (Fsp3) is 0.333. The maximum atomic E-state index is 6.43. The molecule has 1 aliphatic rings. The Morgan fingerprint density at radius 2 is 1.73 bits per heavy atom. The second-order valence-electron chi connectivity index (χ2n) is 7.78. The highest BCUT2D eigenvalue weighted by molar-refractivity contribution is 5.75. The van der Waals surface area contributed by atoms with Crippen molar-refractivity contribution in [2.75, 3.05) is 36.1 Å². The number of nitrogen functional groups attached to an aromatic ring is 1. The van der Waals surface area contributed by atoms with Crippen LogP contribution < -0.4 is 20.7 Å². The number of hydrogen-bond acceptors (Lipinski definition) is 6. The molecule has 2 heterocycles. The predicted molar refractivity (Wildman–Crippen MR) is 122 cm³/mol. The summed E-state index contributed by atoms with van der Waals surface area (Å²) < 4.78 is 5.21. The Balaban J connectivity index is 1.35. The van der Waals surface area contributed by atoms with Crippen LogP contribution in [0.4, 0.5) is 17.3 Å². The number of aromatic nitrogens is 2. The summed E-state index contributed by atoms with van der Waals surface area (Å²) in [5.41, 5.74) is 9.61. The topological polar surface area (TPSA) is 76.3 Å². The van der Waals surface area contributed by atoms with E-state index in [9.17, 15) is 0 Å². The summed E-state index contributed by atoms with van der Waals surface area (Å²) in [6.07, 6.45) is 5.03. The average Bonchev–Trinajstić information content (AvgIpc) is 2.80. The molecule has 0 unspecified atom stereocenters. The largest absolute Gasteiger partial charge is 0.497 e. The Hall–Kier alpha value is -3.28. The van der Waals surface area contributed by atoms with E-state index >= 15 is 0 Å². The fourth-order valence-corrected chi connectivity index (χ4v) is 4.00. The van der Waals surface area contributed by atoms with E-state index < -0.39 is 0 Å². The second-order valence-corrected chi connectivity index (χ2v) is 7.78. The van der Waals surface area contributed by atoms with Crippen LogP contribution in [0, 0.1) is 5.92 Å². The number of nitrogens with zero attached hydrogens (tertiary/aromatic N) is 3. The number of methoxy groups -OCH3 is 1. The summed E-state index contributed by atoms with van der Waals surface area (Å²) in [6, 6.07) is 18.7. The van der Waals surface area contributed by atoms with Crippen LogP contribution in [0.3, 0.4) is 0 Å². The molecule has 1 aromatic heterocycles. The van der Waals surface area contributed by atoms with Gasteiger partial charge in [-0.1, -0.05) is 42.5 Å². The fourth-order valence-electron chi connectivity index (χ4n) is 4.00. The van der Waals surface area contributed by atoms with Crippen molar-refractivity contribution in [3.05, 3.63) is 72.1 Å². The Kier molecular flexibility index (Phi) is 6.32. The van der Waals surface area contributed by atoms with Crippen LogP contribution in [0.25, 0.3) is 0 Å². The van der Waals surface area contributed by atoms with Gasteiger partial charge in [-0.15, -0.1) is 0 Å². The summed E-state index contributed by atoms with van der Waals surface area (Å²) in [5, 5.41) is 3.34. The zero-order valence-electron chi connectivity index (χ0n) is 17.4. The number of rotatable bonds is 7. The second kappa shape index (κ2) is 9.48. The van der Waals surface area contributed by atoms with Gasteiger partial charge >= 0.3 is 0 Å². The molecule has 4 rings (SSSR count). The standard InChI is InChI=1S/C24H29N5O/c1-30-21-9-7-20(8-10-21)16-26-23-22(25)24(28-17-27-23)29-13-11-19(12-14-29)15-18-5-3-2-4-6-18/h2-10,17,19H,11-16,25H2,1H3,(H,26,27,28). The number of anilines is 3. The lowest BCUT2D eigenvalue weighted by molar-refractivity contribution is 0.402. The molecule has 156 valence electrons. The molecule has 1 aliphatic heterocycles. The maximum Gasteiger partial charge on any atom is 0.157 e. The minimum absolute atomic E-state index is 0.618. The van der Waals surface area contributed by atoms with E-state index in [-0.39, 0.29) is 0 Å². The molecular weight excluding hydrogens is 374 g/mol. The molecule has 0 aliphatic carbocycles. The van der Waals surface area contributed by atoms with Gasteiger partial charge in [0.15, 0.2) is 11.6 Å². The minimum atomic E-state index is 0.618. The van der Waals surface area contributed by atoms with Crippen molar-refractivity contribution in [2.24, 2.45) is 5.92 Å². The molecule has 1 fully saturated rings. The van der Waals surface area contributed by atoms with E-state index in [1.54, 1.807) is 13.4 Å². The van der Waals surface area contributed by atoms with Crippen LogP contribution in [0.15, 0.2) is 60.9 Å². The number of nitrogens with one attached hydrogen (secondary N) is 1. The Morgan fingerprint density at radius 3 is 2.43 bits per heavy atom. The molecule has 2 aromatic carbocycles. The van der Waals surface area contributed by atoms with Crippen molar-refractivity contribution >= 4 is 17.3 Å². The van der Waals surface area contributed by atoms with Gasteiger partial charge in [-0.25, -0.2) is 9.97 Å². The number of nitrogens with two attached hydrogens (primary N) is 1. The van der Waals surface area contributed by atoms with E-state index in [4.69, 9.17) is 10.5 Å². The van der Waals surface area contributed by atoms with Crippen molar-refractivity contribution in [3.63, 3.8) is 0 Å². The van der Waals surface area contributed by atoms with E-state index in [0.29, 0.717) is 24.0 Å². The first kappa shape index (κ1) is 20.0. The van der Waals surface area contributed by atoms with Crippen LogP contribution in [0.5, 0.6) is 5.75 Å². The van der Waals surface area contributed by atoms with Gasteiger partial charge in [0.2, 0.25) is 0 Å². The molecule has 30 heavy (non-hydrogen) atoms. The molecular formula is C24H29N5O. The molecule has 0 atom stereocenters. The third kappa shape index (κ3) is 4.82. The highest BCUT2D eigenvalue weighted by Gasteiger charge is 2.23. The van der Waals surface area contributed by atoms with Crippen molar-refractivity contribution in [3.8, 4) is 5.75 Å². The molecule has 1 saturated heterocycles. The first-order valence-corrected chi connectivity index (χ1v) is 10.5. The molecule has 3 aromatic rings. The highest BCUT2D eigenvalue weighted by Crippen LogP contribution is 2.31. The Morgan fingerprint density at radius 1 is 1.00 bits per heavy atom. The molecule has 0 saturated carbocycles. The molecule has 6 heteroatoms. The van der Waals surface area contributed by atoms with Crippen LogP contribution >= 0.6 is 0 Å². The maximum absolute atomic E-state index is 6.43. The Bertz CT molecular complexity index is 938. The van der Waals surface area contributed by atoms with Crippen LogP contribution in [-0.4, -0.2) is 30.2 Å². The highest BCUT2D eigenvalue weighted by atomic mass is 16.5. The zero-order chi connectivity index (χ0) is 20.8. The van der Waals surface area contributed by atoms with Crippen LogP contribution in [0.2, 0.25) is 0 Å². The molecule has 6 nitrogen and oxygen atoms in total. The first-order chi connectivity index (χ1) is 14.7. The van der Waals surface area contributed by atoms with Crippen molar-refractivity contribution in [1.82, 2.24) is 9.97 Å². The zero-order valence-corrected chi connectivity index (χ0v) is 17.4. The van der Waals surface area contributed by atoms with Crippen LogP contribution in [0.1, 0.15) is 24.0 Å². The van der Waals surface area contributed by atoms with Crippen molar-refractivity contribution in [2.45, 2.75) is 25.8 Å². The summed E-state index contributed by atoms with van der Waals surface area (Å²) in [4.78, 5) is 11.1. The van der Waals surface area contributed by atoms with Gasteiger partial charge in [-0.3, -0.25) is 0 Å². The molecule has 0 radical (unpaired) electrons. The van der Waals surface area contributed by atoms with E-state index in [0.717, 1.165) is 49.5 Å². The smallest absolute Gasteiger partial charge is 0.157 e. The molecule has 0 spiro atoms. The molecule has 3 N–H and O–H groups in total. The number of hydrogen-bond donors (Lipinski definition) is 2. The van der Waals surface area contributed by atoms with E-state index in [2.05, 4.69) is 50.5 Å². The van der Waals surface area contributed by atoms with E-state index in [1.807, 2.05) is 24.3 Å². The van der Waals surface area contributed by atoms with Gasteiger partial charge in [0, 0.05) is 19.6 Å².